The number of nitrogens with zero attached hydrogens (tertiary/aromatic N) is 1. The number of nitrogens with one attached hydrogen (secondary N) is 1. The maximum atomic E-state index is 13.1. The Hall–Kier alpha value is -3.12. The molecule has 1 heterocycles. The number of ether oxygens (including phenoxy) is 1. The Balaban J connectivity index is 1.96. The van der Waals surface area contributed by atoms with Gasteiger partial charge in [0.25, 0.3) is 11.8 Å². The van der Waals surface area contributed by atoms with Crippen LogP contribution in [0.2, 0.25) is 0 Å². The number of esters is 1. The molecule has 1 N–H and O–H groups in total. The van der Waals surface area contributed by atoms with E-state index in [4.69, 9.17) is 16.3 Å². The lowest BCUT2D eigenvalue weighted by Gasteiger charge is -2.19. The van der Waals surface area contributed by atoms with E-state index in [-0.39, 0.29) is 28.1 Å². The fourth-order valence-corrected chi connectivity index (χ4v) is 3.25. The van der Waals surface area contributed by atoms with E-state index in [9.17, 15) is 14.4 Å². The standard InChI is InChI=1S/C22H21ClN2O4/c1-12(2)29-22(28)15-7-5-6-8-17(15)25-20(26)18(23)19(21(25)27)24-16-10-9-13(3)11-14(16)4/h5-12,24H,1-4H3. The minimum Gasteiger partial charge on any atom is -0.459 e. The molecule has 150 valence electrons. The van der Waals surface area contributed by atoms with Crippen molar-refractivity contribution in [2.24, 2.45) is 0 Å². The normalized spacial score (nSPS) is 14.1. The van der Waals surface area contributed by atoms with Gasteiger partial charge in [-0.05, 0) is 51.5 Å². The zero-order valence-corrected chi connectivity index (χ0v) is 17.3. The molecular weight excluding hydrogens is 392 g/mol. The van der Waals surface area contributed by atoms with Crippen molar-refractivity contribution >= 4 is 40.8 Å². The quantitative estimate of drug-likeness (QED) is 0.585. The van der Waals surface area contributed by atoms with Gasteiger partial charge in [0.15, 0.2) is 0 Å². The lowest BCUT2D eigenvalue weighted by atomic mass is 10.1. The van der Waals surface area contributed by atoms with Crippen LogP contribution in [0.1, 0.15) is 35.3 Å². The average molecular weight is 413 g/mol. The van der Waals surface area contributed by atoms with E-state index < -0.39 is 17.8 Å². The molecule has 29 heavy (non-hydrogen) atoms. The topological polar surface area (TPSA) is 75.7 Å². The molecule has 2 amide bonds. The first-order chi connectivity index (χ1) is 13.7. The van der Waals surface area contributed by atoms with E-state index >= 15 is 0 Å². The highest BCUT2D eigenvalue weighted by atomic mass is 35.5. The van der Waals surface area contributed by atoms with Crippen molar-refractivity contribution in [3.63, 3.8) is 0 Å². The van der Waals surface area contributed by atoms with Gasteiger partial charge in [-0.15, -0.1) is 0 Å². The van der Waals surface area contributed by atoms with Crippen LogP contribution in [0, 0.1) is 13.8 Å². The summed E-state index contributed by atoms with van der Waals surface area (Å²) in [6, 6.07) is 11.9. The number of amides is 2. The van der Waals surface area contributed by atoms with Crippen molar-refractivity contribution in [2.75, 3.05) is 10.2 Å². The van der Waals surface area contributed by atoms with Gasteiger partial charge in [0.05, 0.1) is 17.4 Å². The Morgan fingerprint density at radius 3 is 2.41 bits per heavy atom. The number of halogens is 1. The third kappa shape index (κ3) is 4.03. The van der Waals surface area contributed by atoms with Crippen LogP contribution in [0.15, 0.2) is 53.2 Å². The molecule has 2 aromatic rings. The largest absolute Gasteiger partial charge is 0.459 e. The zero-order valence-electron chi connectivity index (χ0n) is 16.6. The van der Waals surface area contributed by atoms with Crippen molar-refractivity contribution in [1.82, 2.24) is 0 Å². The molecular formula is C22H21ClN2O4. The van der Waals surface area contributed by atoms with Crippen molar-refractivity contribution in [1.29, 1.82) is 0 Å². The molecule has 7 heteroatoms. The van der Waals surface area contributed by atoms with Gasteiger partial charge >= 0.3 is 5.97 Å². The number of imide groups is 1. The molecule has 0 unspecified atom stereocenters. The summed E-state index contributed by atoms with van der Waals surface area (Å²) in [5, 5.41) is 2.73. The van der Waals surface area contributed by atoms with Crippen LogP contribution in [0.4, 0.5) is 11.4 Å². The predicted molar refractivity (Wildman–Crippen MR) is 112 cm³/mol. The molecule has 1 aliphatic heterocycles. The van der Waals surface area contributed by atoms with Gasteiger partial charge < -0.3 is 10.1 Å². The molecule has 6 nitrogen and oxygen atoms in total. The van der Waals surface area contributed by atoms with E-state index in [0.717, 1.165) is 16.0 Å². The lowest BCUT2D eigenvalue weighted by Crippen LogP contribution is -2.34. The minimum atomic E-state index is -0.700. The molecule has 0 aliphatic carbocycles. The summed E-state index contributed by atoms with van der Waals surface area (Å²) in [5.74, 6) is -1.96. The molecule has 1 aliphatic rings. The lowest BCUT2D eigenvalue weighted by molar-refractivity contribution is -0.120. The number of aryl methyl sites for hydroxylation is 2. The molecule has 0 saturated carbocycles. The second kappa shape index (κ2) is 8.09. The number of carbonyl (C=O) groups excluding carboxylic acids is 3. The first-order valence-electron chi connectivity index (χ1n) is 9.13. The number of carbonyl (C=O) groups is 3. The van der Waals surface area contributed by atoms with Crippen molar-refractivity contribution < 1.29 is 19.1 Å². The van der Waals surface area contributed by atoms with Gasteiger partial charge in [0.2, 0.25) is 0 Å². The molecule has 0 spiro atoms. The Bertz CT molecular complexity index is 1040. The van der Waals surface area contributed by atoms with Gasteiger partial charge in [0, 0.05) is 5.69 Å². The van der Waals surface area contributed by atoms with Gasteiger partial charge in [-0.2, -0.15) is 0 Å². The number of benzene rings is 2. The van der Waals surface area contributed by atoms with Crippen LogP contribution >= 0.6 is 11.6 Å². The molecule has 0 aromatic heterocycles. The van der Waals surface area contributed by atoms with Gasteiger partial charge in [-0.3, -0.25) is 9.59 Å². The second-order valence-corrected chi connectivity index (χ2v) is 7.43. The van der Waals surface area contributed by atoms with Crippen LogP contribution in [-0.4, -0.2) is 23.9 Å². The zero-order chi connectivity index (χ0) is 21.3. The SMILES string of the molecule is Cc1ccc(NC2=C(Cl)C(=O)N(c3ccccc3C(=O)OC(C)C)C2=O)c(C)c1. The first kappa shape index (κ1) is 20.6. The number of hydrogen-bond acceptors (Lipinski definition) is 5. The molecule has 0 atom stereocenters. The summed E-state index contributed by atoms with van der Waals surface area (Å²) in [6.07, 6.45) is -0.344. The number of anilines is 2. The first-order valence-corrected chi connectivity index (χ1v) is 9.51. The fraction of sp³-hybridized carbons (Fsp3) is 0.227. The minimum absolute atomic E-state index is 0.0318. The molecule has 3 rings (SSSR count). The summed E-state index contributed by atoms with van der Waals surface area (Å²) in [6.45, 7) is 7.29. The summed E-state index contributed by atoms with van der Waals surface area (Å²) >= 11 is 6.21. The smallest absolute Gasteiger partial charge is 0.340 e. The van der Waals surface area contributed by atoms with Crippen molar-refractivity contribution in [3.8, 4) is 0 Å². The Kier molecular flexibility index (Phi) is 5.75. The van der Waals surface area contributed by atoms with E-state index in [1.54, 1.807) is 26.0 Å². The summed E-state index contributed by atoms with van der Waals surface area (Å²) in [7, 11) is 0. The van der Waals surface area contributed by atoms with E-state index in [1.807, 2.05) is 32.0 Å². The van der Waals surface area contributed by atoms with Crippen LogP contribution in [0.5, 0.6) is 0 Å². The third-order valence-electron chi connectivity index (χ3n) is 4.38. The maximum absolute atomic E-state index is 13.1. The highest BCUT2D eigenvalue weighted by Gasteiger charge is 2.40. The molecule has 2 aromatic carbocycles. The summed E-state index contributed by atoms with van der Waals surface area (Å²) < 4.78 is 5.23. The number of para-hydroxylation sites is 1. The second-order valence-electron chi connectivity index (χ2n) is 7.05. The fourth-order valence-electron chi connectivity index (χ4n) is 3.04. The average Bonchev–Trinajstić information content (AvgIpc) is 2.86. The van der Waals surface area contributed by atoms with Crippen LogP contribution in [0.25, 0.3) is 0 Å². The van der Waals surface area contributed by atoms with Gasteiger partial charge in [0.1, 0.15) is 10.7 Å². The van der Waals surface area contributed by atoms with Gasteiger partial charge in [-0.1, -0.05) is 41.4 Å². The molecule has 0 saturated heterocycles. The highest BCUT2D eigenvalue weighted by molar-refractivity contribution is 6.53. The van der Waals surface area contributed by atoms with E-state index in [1.165, 1.54) is 12.1 Å². The predicted octanol–water partition coefficient (Wildman–Crippen LogP) is 4.30. The number of rotatable bonds is 5. The van der Waals surface area contributed by atoms with Crippen LogP contribution < -0.4 is 10.2 Å². The molecule has 0 bridgehead atoms. The number of hydrogen-bond donors (Lipinski definition) is 1. The monoisotopic (exact) mass is 412 g/mol. The molecule has 0 fully saturated rings. The van der Waals surface area contributed by atoms with Crippen molar-refractivity contribution in [2.45, 2.75) is 33.8 Å². The van der Waals surface area contributed by atoms with Crippen molar-refractivity contribution in [3.05, 3.63) is 69.9 Å². The van der Waals surface area contributed by atoms with Crippen LogP contribution in [-0.2, 0) is 14.3 Å². The third-order valence-corrected chi connectivity index (χ3v) is 4.73. The Morgan fingerprint density at radius 1 is 1.07 bits per heavy atom. The van der Waals surface area contributed by atoms with E-state index in [0.29, 0.717) is 5.69 Å². The summed E-state index contributed by atoms with van der Waals surface area (Å²) in [4.78, 5) is 39.2. The van der Waals surface area contributed by atoms with Gasteiger partial charge in [-0.25, -0.2) is 9.69 Å². The Labute approximate surface area is 174 Å². The molecule has 0 radical (unpaired) electrons. The summed E-state index contributed by atoms with van der Waals surface area (Å²) in [5.41, 5.74) is 2.85. The maximum Gasteiger partial charge on any atom is 0.340 e. The highest BCUT2D eigenvalue weighted by Crippen LogP contribution is 2.33. The van der Waals surface area contributed by atoms with E-state index in [2.05, 4.69) is 5.32 Å². The van der Waals surface area contributed by atoms with Crippen LogP contribution in [0.3, 0.4) is 0 Å². The Morgan fingerprint density at radius 2 is 1.76 bits per heavy atom.